The summed E-state index contributed by atoms with van der Waals surface area (Å²) in [6.07, 6.45) is -1.43. The smallest absolute Gasteiger partial charge is 0.189 e. The number of methoxy groups -OCH3 is 1. The fourth-order valence-electron chi connectivity index (χ4n) is 3.91. The van der Waals surface area contributed by atoms with Crippen LogP contribution in [0.25, 0.3) is 0 Å². The SMILES string of the molecule is COc1cccc(NC(=S)N[C@H]2[C@H]3OC(C)(C)O[C@H]3O[C@@H]2[C@H]2COC(C)(C)O2)c1. The highest BCUT2D eigenvalue weighted by Gasteiger charge is 2.58. The number of benzene rings is 1. The number of anilines is 1. The largest absolute Gasteiger partial charge is 0.497 e. The molecule has 3 saturated heterocycles. The van der Waals surface area contributed by atoms with E-state index in [-0.39, 0.29) is 24.4 Å². The van der Waals surface area contributed by atoms with Crippen LogP contribution in [0.15, 0.2) is 24.3 Å². The van der Waals surface area contributed by atoms with Gasteiger partial charge in [-0.1, -0.05) is 6.07 Å². The quantitative estimate of drug-likeness (QED) is 0.708. The molecular formula is C20H28N2O6S. The lowest BCUT2D eigenvalue weighted by molar-refractivity contribution is -0.223. The van der Waals surface area contributed by atoms with Gasteiger partial charge in [0.1, 0.15) is 24.1 Å². The predicted octanol–water partition coefficient (Wildman–Crippen LogP) is 2.38. The Morgan fingerprint density at radius 2 is 1.90 bits per heavy atom. The summed E-state index contributed by atoms with van der Waals surface area (Å²) in [5, 5.41) is 6.98. The summed E-state index contributed by atoms with van der Waals surface area (Å²) in [5.74, 6) is -0.640. The monoisotopic (exact) mass is 424 g/mol. The van der Waals surface area contributed by atoms with Crippen LogP contribution >= 0.6 is 12.2 Å². The minimum absolute atomic E-state index is 0.261. The molecule has 5 atom stereocenters. The van der Waals surface area contributed by atoms with Gasteiger partial charge in [0.25, 0.3) is 0 Å². The molecule has 0 aliphatic carbocycles. The van der Waals surface area contributed by atoms with E-state index in [4.69, 9.17) is 40.6 Å². The Labute approximate surface area is 176 Å². The molecule has 3 aliphatic rings. The van der Waals surface area contributed by atoms with Crippen molar-refractivity contribution < 1.29 is 28.4 Å². The van der Waals surface area contributed by atoms with Crippen LogP contribution in [0, 0.1) is 0 Å². The Balaban J connectivity index is 1.48. The average Bonchev–Trinajstić information content (AvgIpc) is 3.25. The van der Waals surface area contributed by atoms with Gasteiger partial charge in [0, 0.05) is 11.8 Å². The minimum Gasteiger partial charge on any atom is -0.497 e. The van der Waals surface area contributed by atoms with Crippen molar-refractivity contribution in [2.45, 2.75) is 69.9 Å². The molecule has 0 bridgehead atoms. The van der Waals surface area contributed by atoms with Crippen LogP contribution in [0.3, 0.4) is 0 Å². The molecule has 9 heteroatoms. The standard InChI is InChI=1S/C20H28N2O6S/c1-19(2)24-10-13(26-19)15-14(16-17(25-15)28-20(3,4)27-16)22-18(29)21-11-7-6-8-12(9-11)23-5/h6-9,13-17H,10H2,1-5H3,(H2,21,22,29)/t13-,14-,15-,16-,17-/m1/s1. The van der Waals surface area contributed by atoms with Crippen LogP contribution < -0.4 is 15.4 Å². The van der Waals surface area contributed by atoms with E-state index in [9.17, 15) is 0 Å². The van der Waals surface area contributed by atoms with Crippen LogP contribution in [0.1, 0.15) is 27.7 Å². The zero-order valence-corrected chi connectivity index (χ0v) is 18.1. The molecule has 4 rings (SSSR count). The molecule has 0 aromatic heterocycles. The first kappa shape index (κ1) is 20.8. The second-order valence-corrected chi connectivity index (χ2v) is 8.70. The summed E-state index contributed by atoms with van der Waals surface area (Å²) >= 11 is 5.55. The van der Waals surface area contributed by atoms with Crippen molar-refractivity contribution in [3.63, 3.8) is 0 Å². The third-order valence-corrected chi connectivity index (χ3v) is 5.33. The number of ether oxygens (including phenoxy) is 6. The van der Waals surface area contributed by atoms with Crippen LogP contribution in [0.4, 0.5) is 5.69 Å². The van der Waals surface area contributed by atoms with Gasteiger partial charge in [-0.3, -0.25) is 0 Å². The molecule has 0 unspecified atom stereocenters. The van der Waals surface area contributed by atoms with Crippen LogP contribution in [-0.4, -0.2) is 61.0 Å². The molecule has 1 aromatic carbocycles. The maximum absolute atomic E-state index is 6.18. The van der Waals surface area contributed by atoms with Crippen LogP contribution in [-0.2, 0) is 23.7 Å². The fourth-order valence-corrected chi connectivity index (χ4v) is 4.17. The maximum Gasteiger partial charge on any atom is 0.189 e. The number of rotatable bonds is 4. The molecule has 3 heterocycles. The van der Waals surface area contributed by atoms with Crippen molar-refractivity contribution in [2.24, 2.45) is 0 Å². The van der Waals surface area contributed by atoms with E-state index in [0.717, 1.165) is 11.4 Å². The predicted molar refractivity (Wildman–Crippen MR) is 110 cm³/mol. The highest BCUT2D eigenvalue weighted by Crippen LogP contribution is 2.40. The molecule has 3 fully saturated rings. The Kier molecular flexibility index (Phi) is 5.47. The van der Waals surface area contributed by atoms with Gasteiger partial charge in [-0.25, -0.2) is 0 Å². The zero-order valence-electron chi connectivity index (χ0n) is 17.3. The molecule has 0 spiro atoms. The van der Waals surface area contributed by atoms with Crippen molar-refractivity contribution in [3.8, 4) is 5.75 Å². The number of nitrogens with one attached hydrogen (secondary N) is 2. The molecule has 29 heavy (non-hydrogen) atoms. The molecule has 0 amide bonds. The molecule has 0 saturated carbocycles. The van der Waals surface area contributed by atoms with Crippen molar-refractivity contribution in [1.82, 2.24) is 5.32 Å². The van der Waals surface area contributed by atoms with E-state index in [1.807, 2.05) is 52.0 Å². The third kappa shape index (κ3) is 4.50. The van der Waals surface area contributed by atoms with Crippen LogP contribution in [0.5, 0.6) is 5.75 Å². The van der Waals surface area contributed by atoms with Crippen molar-refractivity contribution in [2.75, 3.05) is 19.0 Å². The normalized spacial score (nSPS) is 34.6. The molecule has 8 nitrogen and oxygen atoms in total. The van der Waals surface area contributed by atoms with E-state index < -0.39 is 17.9 Å². The molecule has 3 aliphatic heterocycles. The molecule has 160 valence electrons. The van der Waals surface area contributed by atoms with Crippen molar-refractivity contribution in [3.05, 3.63) is 24.3 Å². The van der Waals surface area contributed by atoms with E-state index in [0.29, 0.717) is 11.7 Å². The lowest BCUT2D eigenvalue weighted by Crippen LogP contribution is -2.53. The number of hydrogen-bond donors (Lipinski definition) is 2. The lowest BCUT2D eigenvalue weighted by Gasteiger charge is -2.30. The Hall–Kier alpha value is -1.49. The van der Waals surface area contributed by atoms with E-state index in [1.165, 1.54) is 0 Å². The summed E-state index contributed by atoms with van der Waals surface area (Å²) in [5.41, 5.74) is 0.819. The Bertz CT molecular complexity index is 773. The Morgan fingerprint density at radius 3 is 2.59 bits per heavy atom. The van der Waals surface area contributed by atoms with Crippen molar-refractivity contribution >= 4 is 23.0 Å². The summed E-state index contributed by atoms with van der Waals surface area (Å²) < 4.78 is 35.2. The summed E-state index contributed by atoms with van der Waals surface area (Å²) in [6.45, 7) is 7.93. The van der Waals surface area contributed by atoms with E-state index in [2.05, 4.69) is 10.6 Å². The molecule has 1 aromatic rings. The van der Waals surface area contributed by atoms with Gasteiger partial charge in [-0.15, -0.1) is 0 Å². The second kappa shape index (κ2) is 7.64. The average molecular weight is 425 g/mol. The van der Waals surface area contributed by atoms with Gasteiger partial charge >= 0.3 is 0 Å². The topological polar surface area (TPSA) is 79.4 Å². The van der Waals surface area contributed by atoms with E-state index in [1.54, 1.807) is 7.11 Å². The Morgan fingerprint density at radius 1 is 1.10 bits per heavy atom. The number of fused-ring (bicyclic) bond motifs is 1. The zero-order chi connectivity index (χ0) is 20.8. The minimum atomic E-state index is -0.728. The van der Waals surface area contributed by atoms with Gasteiger partial charge in [-0.2, -0.15) is 0 Å². The summed E-state index contributed by atoms with van der Waals surface area (Å²) in [4.78, 5) is 0. The first-order chi connectivity index (χ1) is 13.7. The van der Waals surface area contributed by atoms with Gasteiger partial charge in [0.2, 0.25) is 0 Å². The second-order valence-electron chi connectivity index (χ2n) is 8.29. The number of thiocarbonyl (C=S) groups is 1. The fraction of sp³-hybridized carbons (Fsp3) is 0.650. The third-order valence-electron chi connectivity index (χ3n) is 5.11. The van der Waals surface area contributed by atoms with Gasteiger partial charge < -0.3 is 39.1 Å². The highest BCUT2D eigenvalue weighted by atomic mass is 32.1. The van der Waals surface area contributed by atoms with E-state index >= 15 is 0 Å². The summed E-state index contributed by atoms with van der Waals surface area (Å²) in [6, 6.07) is 7.28. The van der Waals surface area contributed by atoms with Gasteiger partial charge in [0.15, 0.2) is 23.0 Å². The first-order valence-corrected chi connectivity index (χ1v) is 10.1. The van der Waals surface area contributed by atoms with Crippen LogP contribution in [0.2, 0.25) is 0 Å². The number of hydrogen-bond acceptors (Lipinski definition) is 7. The maximum atomic E-state index is 6.18. The highest BCUT2D eigenvalue weighted by molar-refractivity contribution is 7.80. The first-order valence-electron chi connectivity index (χ1n) is 9.70. The molecule has 0 radical (unpaired) electrons. The molecule has 2 N–H and O–H groups in total. The van der Waals surface area contributed by atoms with Gasteiger partial charge in [0.05, 0.1) is 19.8 Å². The summed E-state index contributed by atoms with van der Waals surface area (Å²) in [7, 11) is 1.63. The van der Waals surface area contributed by atoms with Gasteiger partial charge in [-0.05, 0) is 52.0 Å². The van der Waals surface area contributed by atoms with Crippen molar-refractivity contribution in [1.29, 1.82) is 0 Å². The lowest BCUT2D eigenvalue weighted by atomic mass is 10.0. The molecular weight excluding hydrogens is 396 g/mol.